The fourth-order valence-corrected chi connectivity index (χ4v) is 3.50. The summed E-state index contributed by atoms with van der Waals surface area (Å²) in [5, 5.41) is 19.0. The number of nitrogens with two attached hydrogens (primary N) is 2. The second-order valence-electron chi connectivity index (χ2n) is 10.8. The van der Waals surface area contributed by atoms with Gasteiger partial charge in [0.25, 0.3) is 0 Å². The lowest BCUT2D eigenvalue weighted by Crippen LogP contribution is -2.20. The Labute approximate surface area is 361 Å². The molecule has 6 rings (SSSR count). The zero-order chi connectivity index (χ0) is 44.9. The van der Waals surface area contributed by atoms with E-state index in [1.54, 1.807) is 20.0 Å². The summed E-state index contributed by atoms with van der Waals surface area (Å²) in [7, 11) is 0. The molecule has 0 unspecified atom stereocenters. The molecule has 0 aliphatic heterocycles. The minimum absolute atomic E-state index is 0.0189. The van der Waals surface area contributed by atoms with Crippen LogP contribution in [-0.2, 0) is 9.59 Å². The first-order chi connectivity index (χ1) is 28.2. The minimum atomic E-state index is -0.935. The highest BCUT2D eigenvalue weighted by Gasteiger charge is 2.12. The van der Waals surface area contributed by atoms with E-state index in [4.69, 9.17) is 31.2 Å². The lowest BCUT2D eigenvalue weighted by molar-refractivity contribution is -0.135. The van der Waals surface area contributed by atoms with Gasteiger partial charge >= 0.3 is 5.97 Å². The van der Waals surface area contributed by atoms with Crippen LogP contribution in [0.15, 0.2) is 96.4 Å². The molecule has 0 saturated carbocycles. The lowest BCUT2D eigenvalue weighted by atomic mass is 10.3. The molecule has 3 aromatic heterocycles. The summed E-state index contributed by atoms with van der Waals surface area (Å²) in [4.78, 5) is 43.1. The molecule has 15 nitrogen and oxygen atoms in total. The van der Waals surface area contributed by atoms with Crippen molar-refractivity contribution in [2.24, 2.45) is 0 Å². The van der Waals surface area contributed by atoms with E-state index in [1.807, 2.05) is 0 Å². The van der Waals surface area contributed by atoms with Crippen LogP contribution >= 0.6 is 47.8 Å². The number of aromatic nitrogens is 6. The number of aromatic hydroxyl groups is 1. The van der Waals surface area contributed by atoms with Crippen molar-refractivity contribution >= 4 is 77.1 Å². The molecular formula is C36H30Br3F6N9O6. The molecule has 0 fully saturated rings. The zero-order valence-corrected chi connectivity index (χ0v) is 35.3. The van der Waals surface area contributed by atoms with Gasteiger partial charge in [0, 0.05) is 18.2 Å². The molecule has 3 heterocycles. The molecule has 318 valence electrons. The maximum Gasteiger partial charge on any atom is 0.316 e. The van der Waals surface area contributed by atoms with Crippen molar-refractivity contribution in [3.8, 4) is 29.0 Å². The van der Waals surface area contributed by atoms with Crippen molar-refractivity contribution in [3.63, 3.8) is 0 Å². The largest absolute Gasteiger partial charge is 0.505 e. The summed E-state index contributed by atoms with van der Waals surface area (Å²) in [6.07, 6.45) is 8.05. The molecule has 2 atom stereocenters. The number of rotatable bonds is 7. The van der Waals surface area contributed by atoms with Crippen LogP contribution in [0.25, 0.3) is 0 Å². The van der Waals surface area contributed by atoms with Crippen LogP contribution in [0.1, 0.15) is 13.8 Å². The summed E-state index contributed by atoms with van der Waals surface area (Å²) in [5.74, 6) is -5.57. The van der Waals surface area contributed by atoms with Crippen molar-refractivity contribution in [1.82, 2.24) is 29.9 Å². The van der Waals surface area contributed by atoms with E-state index < -0.39 is 51.4 Å². The Balaban J connectivity index is 0.000000279. The molecular weight excluding hydrogens is 1010 g/mol. The summed E-state index contributed by atoms with van der Waals surface area (Å²) in [5.41, 5.74) is 10.5. The number of aliphatic carboxylic acids is 1. The number of phenols is 1. The third kappa shape index (κ3) is 19.5. The van der Waals surface area contributed by atoms with Crippen molar-refractivity contribution in [2.75, 3.05) is 16.8 Å². The number of anilines is 3. The number of nitrogens with zero attached hydrogens (tertiary/aromatic N) is 6. The third-order valence-corrected chi connectivity index (χ3v) is 7.21. The van der Waals surface area contributed by atoms with Gasteiger partial charge in [0.05, 0.1) is 42.0 Å². The number of alkyl halides is 2. The molecule has 1 amide bonds. The topological polar surface area (TPSA) is 234 Å². The first-order valence-corrected chi connectivity index (χ1v) is 18.7. The predicted molar refractivity (Wildman–Crippen MR) is 217 cm³/mol. The van der Waals surface area contributed by atoms with Gasteiger partial charge < -0.3 is 36.5 Å². The molecule has 7 N–H and O–H groups in total. The van der Waals surface area contributed by atoms with Gasteiger partial charge in [-0.1, -0.05) is 31.9 Å². The lowest BCUT2D eigenvalue weighted by Gasteiger charge is -2.07. The van der Waals surface area contributed by atoms with Gasteiger partial charge in [0.2, 0.25) is 17.7 Å². The highest BCUT2D eigenvalue weighted by Crippen LogP contribution is 2.24. The van der Waals surface area contributed by atoms with E-state index in [1.165, 1.54) is 37.1 Å². The number of amides is 1. The minimum Gasteiger partial charge on any atom is -0.505 e. The molecule has 0 aliphatic rings. The van der Waals surface area contributed by atoms with E-state index in [9.17, 15) is 35.9 Å². The number of carboxylic acids is 1. The van der Waals surface area contributed by atoms with Crippen LogP contribution in [0.3, 0.4) is 0 Å². The second-order valence-corrected chi connectivity index (χ2v) is 14.4. The Hall–Kier alpha value is -6.14. The van der Waals surface area contributed by atoms with Gasteiger partial charge in [0.15, 0.2) is 40.5 Å². The van der Waals surface area contributed by atoms with E-state index >= 15 is 0 Å². The summed E-state index contributed by atoms with van der Waals surface area (Å²) >= 11 is 9.07. The van der Waals surface area contributed by atoms with Crippen molar-refractivity contribution in [3.05, 3.63) is 131 Å². The quantitative estimate of drug-likeness (QED) is 0.0743. The molecule has 0 spiro atoms. The Morgan fingerprint density at radius 2 is 1.07 bits per heavy atom. The molecule has 0 bridgehead atoms. The summed E-state index contributed by atoms with van der Waals surface area (Å²) in [6.45, 7) is 3.22. The first kappa shape index (κ1) is 50.0. The van der Waals surface area contributed by atoms with Crippen LogP contribution in [0, 0.1) is 34.9 Å². The smallest absolute Gasteiger partial charge is 0.316 e. The zero-order valence-electron chi connectivity index (χ0n) is 30.6. The van der Waals surface area contributed by atoms with Crippen LogP contribution in [0.4, 0.5) is 43.8 Å². The number of ether oxygens (including phenoxy) is 2. The van der Waals surface area contributed by atoms with Crippen LogP contribution in [0.2, 0.25) is 0 Å². The fourth-order valence-electron chi connectivity index (χ4n) is 3.18. The van der Waals surface area contributed by atoms with Gasteiger partial charge in [-0.2, -0.15) is 0 Å². The van der Waals surface area contributed by atoms with Crippen molar-refractivity contribution in [1.29, 1.82) is 0 Å². The highest BCUT2D eigenvalue weighted by atomic mass is 79.9. The number of phenolic OH excluding ortho intramolecular Hbond substituents is 1. The van der Waals surface area contributed by atoms with Crippen LogP contribution in [0.5, 0.6) is 29.0 Å². The summed E-state index contributed by atoms with van der Waals surface area (Å²) < 4.78 is 86.9. The van der Waals surface area contributed by atoms with Gasteiger partial charge in [-0.3, -0.25) is 9.59 Å². The Morgan fingerprint density at radius 1 is 0.633 bits per heavy atom. The van der Waals surface area contributed by atoms with Gasteiger partial charge in [0.1, 0.15) is 38.5 Å². The normalized spacial score (nSPS) is 10.8. The number of nitrogen functional groups attached to an aromatic ring is 2. The standard InChI is InChI=1S/C13H10BrF2N3O2.C10H7F2N3O.C6H4F2O.C4H4BrN3.C3H5BrO2/c1-7(14)13(20)19-11-5-18-12(6-17-11)21-10-3-2-8(15)4-9(10)16;11-6-1-2-8(7(12)3-6)16-10-5-14-9(13)4-15-10;7-4-1-2-6(9)5(8)3-4;5-3-1-8-4(6)2-7-3;1-2(4)3(5)6/h2-7H,1H3,(H,17,19,20);1-5H,(H2,13,14);1-3,9H;1-2H,(H2,6,8);2H,1H3,(H,5,6)/t7-;;;;2-/m1...1/s1. The van der Waals surface area contributed by atoms with E-state index in [2.05, 4.69) is 83.0 Å². The van der Waals surface area contributed by atoms with Gasteiger partial charge in [-0.25, -0.2) is 56.2 Å². The van der Waals surface area contributed by atoms with Crippen molar-refractivity contribution < 1.29 is 55.6 Å². The Morgan fingerprint density at radius 3 is 1.40 bits per heavy atom. The summed E-state index contributed by atoms with van der Waals surface area (Å²) in [6, 6.07) is 8.46. The van der Waals surface area contributed by atoms with Gasteiger partial charge in [-0.15, -0.1) is 0 Å². The number of carbonyl (C=O) groups excluding carboxylic acids is 1. The Bertz CT molecular complexity index is 2270. The average Bonchev–Trinajstić information content (AvgIpc) is 3.19. The predicted octanol–water partition coefficient (Wildman–Crippen LogP) is 8.74. The number of halogens is 9. The number of carbonyl (C=O) groups is 2. The molecule has 60 heavy (non-hydrogen) atoms. The number of hydrogen-bond donors (Lipinski definition) is 5. The monoisotopic (exact) mass is 1030 g/mol. The van der Waals surface area contributed by atoms with Crippen LogP contribution < -0.4 is 26.3 Å². The van der Waals surface area contributed by atoms with Crippen molar-refractivity contribution in [2.45, 2.75) is 23.5 Å². The molecule has 0 aliphatic carbocycles. The van der Waals surface area contributed by atoms with Crippen LogP contribution in [-0.4, -0.2) is 61.6 Å². The first-order valence-electron chi connectivity index (χ1n) is 16.1. The van der Waals surface area contributed by atoms with E-state index in [0.29, 0.717) is 22.6 Å². The van der Waals surface area contributed by atoms with Gasteiger partial charge in [-0.05, 0) is 66.2 Å². The SMILES string of the molecule is C[C@@H](Br)C(=O)Nc1cnc(Oc2ccc(F)cc2F)cn1.C[C@@H](Br)C(=O)O.Nc1cnc(Br)cn1.Nc1cnc(Oc2ccc(F)cc2F)cn1.Oc1ccc(F)cc1F. The van der Waals surface area contributed by atoms with E-state index in [-0.39, 0.29) is 45.6 Å². The third-order valence-electron chi connectivity index (χ3n) is 6.00. The number of hydrogen-bond acceptors (Lipinski definition) is 13. The second kappa shape index (κ2) is 25.4. The molecule has 0 saturated heterocycles. The fraction of sp³-hybridized carbons (Fsp3) is 0.111. The molecule has 24 heteroatoms. The number of nitrogens with one attached hydrogen (secondary N) is 1. The maximum atomic E-state index is 13.4. The average molecular weight is 1040 g/mol. The molecule has 3 aromatic carbocycles. The molecule has 0 radical (unpaired) electrons. The number of benzene rings is 3. The number of carboxylic acid groups (broad SMARTS) is 1. The maximum absolute atomic E-state index is 13.4. The van der Waals surface area contributed by atoms with E-state index in [0.717, 1.165) is 36.4 Å². The molecule has 6 aromatic rings. The highest BCUT2D eigenvalue weighted by molar-refractivity contribution is 9.10. The Kier molecular flexibility index (Phi) is 21.1.